The van der Waals surface area contributed by atoms with Crippen molar-refractivity contribution in [3.8, 4) is 22.3 Å². The minimum Gasteiger partial charge on any atom is -0.0622 e. The maximum Gasteiger partial charge on any atom is 0.0714 e. The monoisotopic (exact) mass is 592 g/mol. The summed E-state index contributed by atoms with van der Waals surface area (Å²) in [6, 6.07) is 40.6. The maximum atomic E-state index is 3.85. The molecular formula is C40H33Br. The summed E-state index contributed by atoms with van der Waals surface area (Å²) >= 11 is 3.85. The lowest BCUT2D eigenvalue weighted by molar-refractivity contribution is 0.768. The first-order valence-corrected chi connectivity index (χ1v) is 15.2. The first-order valence-electron chi connectivity index (χ1n) is 14.4. The van der Waals surface area contributed by atoms with Gasteiger partial charge in [0, 0.05) is 4.47 Å². The van der Waals surface area contributed by atoms with E-state index >= 15 is 0 Å². The van der Waals surface area contributed by atoms with Gasteiger partial charge in [0.15, 0.2) is 0 Å². The molecule has 6 aromatic rings. The van der Waals surface area contributed by atoms with E-state index in [9.17, 15) is 0 Å². The highest BCUT2D eigenvalue weighted by molar-refractivity contribution is 9.10. The van der Waals surface area contributed by atoms with Crippen molar-refractivity contribution in [1.82, 2.24) is 0 Å². The molecule has 200 valence electrons. The van der Waals surface area contributed by atoms with Crippen LogP contribution in [-0.2, 0) is 5.41 Å². The van der Waals surface area contributed by atoms with Gasteiger partial charge in [-0.3, -0.25) is 0 Å². The molecule has 0 unspecified atom stereocenters. The Morgan fingerprint density at radius 1 is 0.439 bits per heavy atom. The molecule has 1 aliphatic rings. The Morgan fingerprint density at radius 2 is 0.951 bits per heavy atom. The molecule has 0 aromatic heterocycles. The third-order valence-corrected chi connectivity index (χ3v) is 10.3. The highest BCUT2D eigenvalue weighted by Gasteiger charge is 2.47. The largest absolute Gasteiger partial charge is 0.0714 e. The third kappa shape index (κ3) is 3.58. The maximum absolute atomic E-state index is 3.85. The highest BCUT2D eigenvalue weighted by atomic mass is 79.9. The van der Waals surface area contributed by atoms with Crippen LogP contribution >= 0.6 is 15.9 Å². The standard InChI is InChI=1S/C40H33Br/c1-24-25(2)27(4)38(28(5)26(24)3)35-23-37-39(33-19-13-12-18-32(33)35)34-21-20-31(41)22-36(34)40(37,29-14-8-6-9-15-29)30-16-10-7-11-17-30/h6-23H,1-5H3. The molecule has 0 bridgehead atoms. The summed E-state index contributed by atoms with van der Waals surface area (Å²) in [5.41, 5.74) is 17.1. The molecular weight excluding hydrogens is 560 g/mol. The average Bonchev–Trinajstić information content (AvgIpc) is 3.30. The van der Waals surface area contributed by atoms with Crippen LogP contribution in [0, 0.1) is 34.6 Å². The van der Waals surface area contributed by atoms with Crippen LogP contribution in [0.15, 0.2) is 114 Å². The lowest BCUT2D eigenvalue weighted by Gasteiger charge is -2.34. The van der Waals surface area contributed by atoms with Gasteiger partial charge in [-0.15, -0.1) is 0 Å². The van der Waals surface area contributed by atoms with Crippen molar-refractivity contribution in [1.29, 1.82) is 0 Å². The number of halogens is 1. The topological polar surface area (TPSA) is 0 Å². The number of rotatable bonds is 3. The Labute approximate surface area is 251 Å². The summed E-state index contributed by atoms with van der Waals surface area (Å²) in [6.07, 6.45) is 0. The summed E-state index contributed by atoms with van der Waals surface area (Å²) < 4.78 is 1.10. The molecule has 0 radical (unpaired) electrons. The van der Waals surface area contributed by atoms with Crippen LogP contribution in [0.25, 0.3) is 33.0 Å². The van der Waals surface area contributed by atoms with Crippen LogP contribution in [0.2, 0.25) is 0 Å². The second-order valence-electron chi connectivity index (χ2n) is 11.6. The Balaban J connectivity index is 1.73. The number of benzene rings is 6. The van der Waals surface area contributed by atoms with E-state index in [1.165, 1.54) is 83.1 Å². The van der Waals surface area contributed by atoms with Gasteiger partial charge in [0.25, 0.3) is 0 Å². The predicted octanol–water partition coefficient (Wildman–Crippen LogP) is 11.2. The van der Waals surface area contributed by atoms with E-state index in [2.05, 4.69) is 160 Å². The molecule has 0 spiro atoms. The van der Waals surface area contributed by atoms with Gasteiger partial charge in [-0.1, -0.05) is 107 Å². The van der Waals surface area contributed by atoms with Gasteiger partial charge in [0.1, 0.15) is 0 Å². The van der Waals surface area contributed by atoms with Crippen LogP contribution in [0.1, 0.15) is 50.1 Å². The van der Waals surface area contributed by atoms with Gasteiger partial charge in [0.2, 0.25) is 0 Å². The van der Waals surface area contributed by atoms with Gasteiger partial charge in [0.05, 0.1) is 5.41 Å². The van der Waals surface area contributed by atoms with E-state index in [4.69, 9.17) is 0 Å². The molecule has 0 aliphatic heterocycles. The highest BCUT2D eigenvalue weighted by Crippen LogP contribution is 2.59. The summed E-state index contributed by atoms with van der Waals surface area (Å²) in [4.78, 5) is 0. The van der Waals surface area contributed by atoms with Crippen LogP contribution in [0.4, 0.5) is 0 Å². The minimum atomic E-state index is -0.452. The molecule has 0 atom stereocenters. The molecule has 0 amide bonds. The number of fused-ring (bicyclic) bond motifs is 5. The van der Waals surface area contributed by atoms with Crippen molar-refractivity contribution in [3.05, 3.63) is 164 Å². The summed E-state index contributed by atoms with van der Waals surface area (Å²) in [5.74, 6) is 0. The molecule has 0 nitrogen and oxygen atoms in total. The van der Waals surface area contributed by atoms with Crippen molar-refractivity contribution in [2.75, 3.05) is 0 Å². The van der Waals surface area contributed by atoms with Gasteiger partial charge in [-0.25, -0.2) is 0 Å². The minimum absolute atomic E-state index is 0.452. The van der Waals surface area contributed by atoms with E-state index in [0.29, 0.717) is 0 Å². The first-order chi connectivity index (χ1) is 19.9. The van der Waals surface area contributed by atoms with E-state index in [0.717, 1.165) is 4.47 Å². The third-order valence-electron chi connectivity index (χ3n) is 9.79. The smallest absolute Gasteiger partial charge is 0.0622 e. The average molecular weight is 594 g/mol. The molecule has 0 fully saturated rings. The van der Waals surface area contributed by atoms with Gasteiger partial charge in [-0.2, -0.15) is 0 Å². The molecule has 0 saturated carbocycles. The quantitative estimate of drug-likeness (QED) is 0.191. The fraction of sp³-hybridized carbons (Fsp3) is 0.150. The zero-order valence-corrected chi connectivity index (χ0v) is 25.9. The van der Waals surface area contributed by atoms with E-state index in [1.807, 2.05) is 0 Å². The van der Waals surface area contributed by atoms with Crippen LogP contribution < -0.4 is 0 Å². The first kappa shape index (κ1) is 26.0. The molecule has 41 heavy (non-hydrogen) atoms. The normalized spacial score (nSPS) is 13.3. The summed E-state index contributed by atoms with van der Waals surface area (Å²) in [5, 5.41) is 2.62. The van der Waals surface area contributed by atoms with E-state index < -0.39 is 5.41 Å². The number of hydrogen-bond donors (Lipinski definition) is 0. The van der Waals surface area contributed by atoms with Gasteiger partial charge in [-0.05, 0) is 136 Å². The molecule has 6 aromatic carbocycles. The van der Waals surface area contributed by atoms with Crippen molar-refractivity contribution >= 4 is 26.7 Å². The Morgan fingerprint density at radius 3 is 1.54 bits per heavy atom. The molecule has 1 aliphatic carbocycles. The van der Waals surface area contributed by atoms with Crippen molar-refractivity contribution in [2.45, 2.75) is 40.0 Å². The molecule has 7 rings (SSSR count). The zero-order valence-electron chi connectivity index (χ0n) is 24.3. The Kier molecular flexibility index (Phi) is 6.07. The van der Waals surface area contributed by atoms with Crippen LogP contribution in [0.3, 0.4) is 0 Å². The van der Waals surface area contributed by atoms with Gasteiger partial charge >= 0.3 is 0 Å². The van der Waals surface area contributed by atoms with Crippen LogP contribution in [-0.4, -0.2) is 0 Å². The molecule has 1 heteroatoms. The van der Waals surface area contributed by atoms with E-state index in [1.54, 1.807) is 0 Å². The number of hydrogen-bond acceptors (Lipinski definition) is 0. The second-order valence-corrected chi connectivity index (χ2v) is 12.5. The molecule has 0 heterocycles. The fourth-order valence-electron chi connectivity index (χ4n) is 7.43. The fourth-order valence-corrected chi connectivity index (χ4v) is 7.79. The Bertz CT molecular complexity index is 1910. The van der Waals surface area contributed by atoms with Crippen molar-refractivity contribution in [3.63, 3.8) is 0 Å². The van der Waals surface area contributed by atoms with Gasteiger partial charge < -0.3 is 0 Å². The summed E-state index contributed by atoms with van der Waals surface area (Å²) in [6.45, 7) is 11.4. The predicted molar refractivity (Wildman–Crippen MR) is 178 cm³/mol. The molecule has 0 saturated heterocycles. The lowest BCUT2D eigenvalue weighted by Crippen LogP contribution is -2.28. The van der Waals surface area contributed by atoms with Crippen LogP contribution in [0.5, 0.6) is 0 Å². The Hall–Kier alpha value is -3.94. The van der Waals surface area contributed by atoms with Crippen molar-refractivity contribution in [2.24, 2.45) is 0 Å². The SMILES string of the molecule is Cc1c(C)c(C)c(-c2cc3c(c4ccccc24)-c2ccc(Br)cc2C3(c2ccccc2)c2ccccc2)c(C)c1C. The second kappa shape index (κ2) is 9.57. The van der Waals surface area contributed by atoms with E-state index in [-0.39, 0.29) is 0 Å². The summed E-state index contributed by atoms with van der Waals surface area (Å²) in [7, 11) is 0. The van der Waals surface area contributed by atoms with Crippen molar-refractivity contribution < 1.29 is 0 Å². The zero-order chi connectivity index (χ0) is 28.5. The lowest BCUT2D eigenvalue weighted by atomic mass is 9.67. The molecule has 0 N–H and O–H groups in total.